The van der Waals surface area contributed by atoms with Gasteiger partial charge in [0.2, 0.25) is 5.91 Å². The van der Waals surface area contributed by atoms with Gasteiger partial charge in [-0.3, -0.25) is 4.79 Å². The van der Waals surface area contributed by atoms with E-state index in [2.05, 4.69) is 26.1 Å². The van der Waals surface area contributed by atoms with E-state index < -0.39 is 0 Å². The molecule has 0 aromatic heterocycles. The first-order valence-corrected chi connectivity index (χ1v) is 5.51. The zero-order valence-electron chi connectivity index (χ0n) is 9.66. The van der Waals surface area contributed by atoms with Gasteiger partial charge >= 0.3 is 0 Å². The van der Waals surface area contributed by atoms with Gasteiger partial charge in [-0.25, -0.2) is 0 Å². The van der Waals surface area contributed by atoms with E-state index in [9.17, 15) is 4.79 Å². The van der Waals surface area contributed by atoms with Gasteiger partial charge in [-0.05, 0) is 24.5 Å². The van der Waals surface area contributed by atoms with E-state index in [1.54, 1.807) is 0 Å². The molecule has 2 heteroatoms. The first kappa shape index (κ1) is 11.8. The number of hydrogen-bond donors (Lipinski definition) is 1. The lowest BCUT2D eigenvalue weighted by molar-refractivity contribution is -0.121. The van der Waals surface area contributed by atoms with Crippen molar-refractivity contribution in [2.45, 2.75) is 27.2 Å². The monoisotopic (exact) mass is 205 g/mol. The molecule has 2 nitrogen and oxygen atoms in total. The third-order valence-electron chi connectivity index (χ3n) is 2.62. The SMILES string of the molecule is CC[C@H](C(=O)Nc1ccccc1)C(C)C. The topological polar surface area (TPSA) is 29.1 Å². The van der Waals surface area contributed by atoms with E-state index in [0.717, 1.165) is 12.1 Å². The minimum atomic E-state index is 0.102. The highest BCUT2D eigenvalue weighted by atomic mass is 16.1. The average molecular weight is 205 g/mol. The smallest absolute Gasteiger partial charge is 0.227 e. The van der Waals surface area contributed by atoms with Crippen molar-refractivity contribution in [1.82, 2.24) is 0 Å². The van der Waals surface area contributed by atoms with Crippen molar-refractivity contribution < 1.29 is 4.79 Å². The van der Waals surface area contributed by atoms with Gasteiger partial charge in [0.1, 0.15) is 0 Å². The molecule has 0 aliphatic heterocycles. The summed E-state index contributed by atoms with van der Waals surface area (Å²) in [6.07, 6.45) is 0.885. The lowest BCUT2D eigenvalue weighted by Gasteiger charge is -2.18. The van der Waals surface area contributed by atoms with Crippen LogP contribution in [0.3, 0.4) is 0 Å². The minimum Gasteiger partial charge on any atom is -0.326 e. The zero-order valence-corrected chi connectivity index (χ0v) is 9.66. The standard InChI is InChI=1S/C13H19NO/c1-4-12(10(2)3)13(15)14-11-8-6-5-7-9-11/h5-10,12H,4H2,1-3H3,(H,14,15)/t12-/m0/s1. The van der Waals surface area contributed by atoms with Crippen molar-refractivity contribution in [2.24, 2.45) is 11.8 Å². The first-order chi connectivity index (χ1) is 7.15. The summed E-state index contributed by atoms with van der Waals surface area (Å²) in [7, 11) is 0. The molecule has 1 amide bonds. The second-order valence-electron chi connectivity index (χ2n) is 4.11. The Morgan fingerprint density at radius 3 is 2.33 bits per heavy atom. The summed E-state index contributed by atoms with van der Waals surface area (Å²) in [4.78, 5) is 11.9. The Morgan fingerprint density at radius 2 is 1.87 bits per heavy atom. The van der Waals surface area contributed by atoms with Gasteiger partial charge in [0.25, 0.3) is 0 Å². The van der Waals surface area contributed by atoms with Crippen LogP contribution in [0, 0.1) is 11.8 Å². The van der Waals surface area contributed by atoms with E-state index in [1.807, 2.05) is 30.3 Å². The number of anilines is 1. The number of carbonyl (C=O) groups is 1. The number of nitrogens with one attached hydrogen (secondary N) is 1. The molecule has 15 heavy (non-hydrogen) atoms. The molecule has 0 bridgehead atoms. The van der Waals surface area contributed by atoms with Crippen LogP contribution in [-0.2, 0) is 4.79 Å². The summed E-state index contributed by atoms with van der Waals surface area (Å²) in [6, 6.07) is 9.60. The molecule has 0 radical (unpaired) electrons. The number of rotatable bonds is 4. The largest absolute Gasteiger partial charge is 0.326 e. The third kappa shape index (κ3) is 3.39. The predicted molar refractivity (Wildman–Crippen MR) is 63.7 cm³/mol. The fraction of sp³-hybridized carbons (Fsp3) is 0.462. The average Bonchev–Trinajstić information content (AvgIpc) is 2.19. The molecule has 0 saturated carbocycles. The number of amides is 1. The first-order valence-electron chi connectivity index (χ1n) is 5.51. The molecule has 1 N–H and O–H groups in total. The van der Waals surface area contributed by atoms with Crippen LogP contribution in [0.2, 0.25) is 0 Å². The molecule has 82 valence electrons. The molecular formula is C13H19NO. The van der Waals surface area contributed by atoms with Gasteiger partial charge < -0.3 is 5.32 Å². The van der Waals surface area contributed by atoms with E-state index in [0.29, 0.717) is 5.92 Å². The fourth-order valence-corrected chi connectivity index (χ4v) is 1.72. The number of carbonyl (C=O) groups excluding carboxylic acids is 1. The van der Waals surface area contributed by atoms with Crippen LogP contribution in [0.4, 0.5) is 5.69 Å². The fourth-order valence-electron chi connectivity index (χ4n) is 1.72. The van der Waals surface area contributed by atoms with Crippen molar-refractivity contribution in [1.29, 1.82) is 0 Å². The molecule has 1 aromatic rings. The molecular weight excluding hydrogens is 186 g/mol. The van der Waals surface area contributed by atoms with E-state index in [4.69, 9.17) is 0 Å². The summed E-state index contributed by atoms with van der Waals surface area (Å²) in [6.45, 7) is 6.22. The van der Waals surface area contributed by atoms with Crippen LogP contribution in [0.25, 0.3) is 0 Å². The van der Waals surface area contributed by atoms with Crippen LogP contribution in [0.1, 0.15) is 27.2 Å². The minimum absolute atomic E-state index is 0.102. The Kier molecular flexibility index (Phi) is 4.35. The second kappa shape index (κ2) is 5.54. The molecule has 0 aliphatic rings. The molecule has 0 aliphatic carbocycles. The number of benzene rings is 1. The maximum absolute atomic E-state index is 11.9. The van der Waals surface area contributed by atoms with Crippen LogP contribution in [-0.4, -0.2) is 5.91 Å². The summed E-state index contributed by atoms with van der Waals surface area (Å²) in [5.41, 5.74) is 0.876. The summed E-state index contributed by atoms with van der Waals surface area (Å²) in [5.74, 6) is 0.614. The summed E-state index contributed by atoms with van der Waals surface area (Å²) >= 11 is 0. The molecule has 1 rings (SSSR count). The highest BCUT2D eigenvalue weighted by Crippen LogP contribution is 2.17. The van der Waals surface area contributed by atoms with Crippen LogP contribution >= 0.6 is 0 Å². The summed E-state index contributed by atoms with van der Waals surface area (Å²) in [5, 5.41) is 2.94. The van der Waals surface area contributed by atoms with Crippen LogP contribution in [0.5, 0.6) is 0 Å². The Balaban J connectivity index is 2.62. The van der Waals surface area contributed by atoms with E-state index in [-0.39, 0.29) is 11.8 Å². The van der Waals surface area contributed by atoms with Gasteiger partial charge in [-0.15, -0.1) is 0 Å². The summed E-state index contributed by atoms with van der Waals surface area (Å²) < 4.78 is 0. The maximum atomic E-state index is 11.9. The molecule has 0 saturated heterocycles. The van der Waals surface area contributed by atoms with Gasteiger partial charge in [-0.2, -0.15) is 0 Å². The molecule has 0 spiro atoms. The van der Waals surface area contributed by atoms with Crippen molar-refractivity contribution in [3.05, 3.63) is 30.3 Å². The van der Waals surface area contributed by atoms with Gasteiger partial charge in [0, 0.05) is 11.6 Å². The van der Waals surface area contributed by atoms with E-state index >= 15 is 0 Å². The normalized spacial score (nSPS) is 12.5. The Hall–Kier alpha value is -1.31. The van der Waals surface area contributed by atoms with Crippen molar-refractivity contribution in [3.63, 3.8) is 0 Å². The molecule has 0 fully saturated rings. The Bertz CT molecular complexity index is 306. The van der Waals surface area contributed by atoms with Crippen LogP contribution in [0.15, 0.2) is 30.3 Å². The molecule has 1 atom stereocenters. The highest BCUT2D eigenvalue weighted by Gasteiger charge is 2.19. The van der Waals surface area contributed by atoms with Crippen LogP contribution < -0.4 is 5.32 Å². The van der Waals surface area contributed by atoms with Crippen molar-refractivity contribution >= 4 is 11.6 Å². The van der Waals surface area contributed by atoms with E-state index in [1.165, 1.54) is 0 Å². The third-order valence-corrected chi connectivity index (χ3v) is 2.62. The Morgan fingerprint density at radius 1 is 1.27 bits per heavy atom. The molecule has 0 unspecified atom stereocenters. The molecule has 0 heterocycles. The number of hydrogen-bond acceptors (Lipinski definition) is 1. The van der Waals surface area contributed by atoms with Gasteiger partial charge in [0.15, 0.2) is 0 Å². The zero-order chi connectivity index (χ0) is 11.3. The number of para-hydroxylation sites is 1. The second-order valence-corrected chi connectivity index (χ2v) is 4.11. The lowest BCUT2D eigenvalue weighted by Crippen LogP contribution is -2.26. The predicted octanol–water partition coefficient (Wildman–Crippen LogP) is 3.31. The molecule has 1 aromatic carbocycles. The van der Waals surface area contributed by atoms with Gasteiger partial charge in [-0.1, -0.05) is 39.0 Å². The van der Waals surface area contributed by atoms with Crippen molar-refractivity contribution in [3.8, 4) is 0 Å². The van der Waals surface area contributed by atoms with Crippen molar-refractivity contribution in [2.75, 3.05) is 5.32 Å². The quantitative estimate of drug-likeness (QED) is 0.802. The lowest BCUT2D eigenvalue weighted by atomic mass is 9.92. The Labute approximate surface area is 91.7 Å². The maximum Gasteiger partial charge on any atom is 0.227 e. The highest BCUT2D eigenvalue weighted by molar-refractivity contribution is 5.92. The van der Waals surface area contributed by atoms with Gasteiger partial charge in [0.05, 0.1) is 0 Å².